The van der Waals surface area contributed by atoms with Gasteiger partial charge in [-0.05, 0) is 31.2 Å². The summed E-state index contributed by atoms with van der Waals surface area (Å²) in [5, 5.41) is 8.74. The van der Waals surface area contributed by atoms with Crippen LogP contribution < -0.4 is 4.72 Å². The van der Waals surface area contributed by atoms with Gasteiger partial charge < -0.3 is 10.1 Å². The second kappa shape index (κ2) is 5.58. The Labute approximate surface area is 111 Å². The van der Waals surface area contributed by atoms with E-state index in [9.17, 15) is 13.2 Å². The third kappa shape index (κ3) is 3.45. The van der Waals surface area contributed by atoms with Crippen molar-refractivity contribution in [3.05, 3.63) is 30.1 Å². The molecule has 0 aromatic carbocycles. The molecule has 6 nitrogen and oxygen atoms in total. The van der Waals surface area contributed by atoms with Gasteiger partial charge in [0.1, 0.15) is 10.6 Å². The second-order valence-electron chi connectivity index (χ2n) is 4.56. The lowest BCUT2D eigenvalue weighted by atomic mass is 9.95. The number of aromatic amines is 1. The summed E-state index contributed by atoms with van der Waals surface area (Å²) in [5.74, 6) is -0.878. The van der Waals surface area contributed by atoms with Crippen molar-refractivity contribution in [1.29, 1.82) is 0 Å². The van der Waals surface area contributed by atoms with Crippen molar-refractivity contribution in [3.63, 3.8) is 0 Å². The van der Waals surface area contributed by atoms with Crippen LogP contribution in [0.25, 0.3) is 0 Å². The first-order chi connectivity index (χ1) is 8.99. The Hall–Kier alpha value is -1.60. The lowest BCUT2D eigenvalue weighted by molar-refractivity contribution is 0.0691. The van der Waals surface area contributed by atoms with E-state index < -0.39 is 16.0 Å². The Morgan fingerprint density at radius 3 is 2.84 bits per heavy atom. The van der Waals surface area contributed by atoms with Gasteiger partial charge in [0.15, 0.2) is 0 Å². The molecule has 104 valence electrons. The fourth-order valence-corrected chi connectivity index (χ4v) is 3.11. The van der Waals surface area contributed by atoms with E-state index in [0.29, 0.717) is 12.5 Å². The Balaban J connectivity index is 2.01. The lowest BCUT2D eigenvalue weighted by Gasteiger charge is -2.17. The predicted octanol–water partition coefficient (Wildman–Crippen LogP) is 1.35. The van der Waals surface area contributed by atoms with Gasteiger partial charge in [-0.1, -0.05) is 12.2 Å². The van der Waals surface area contributed by atoms with Crippen molar-refractivity contribution >= 4 is 16.0 Å². The van der Waals surface area contributed by atoms with Crippen LogP contribution in [-0.4, -0.2) is 31.0 Å². The van der Waals surface area contributed by atoms with Crippen molar-refractivity contribution in [2.45, 2.75) is 24.2 Å². The zero-order valence-electron chi connectivity index (χ0n) is 10.3. The molecule has 0 fully saturated rings. The molecule has 1 aromatic rings. The van der Waals surface area contributed by atoms with Crippen molar-refractivity contribution < 1.29 is 18.3 Å². The van der Waals surface area contributed by atoms with Gasteiger partial charge in [-0.3, -0.25) is 0 Å². The normalized spacial score (nSPS) is 19.5. The summed E-state index contributed by atoms with van der Waals surface area (Å²) in [4.78, 5) is 13.1. The molecule has 0 spiro atoms. The molecule has 1 aliphatic rings. The highest BCUT2D eigenvalue weighted by atomic mass is 32.2. The van der Waals surface area contributed by atoms with E-state index in [1.165, 1.54) is 6.20 Å². The molecule has 7 heteroatoms. The SMILES string of the molecule is O=C(O)c1cc(S(=O)(=O)NCC2CC=CCC2)c[nH]1. The highest BCUT2D eigenvalue weighted by molar-refractivity contribution is 7.89. The Kier molecular flexibility index (Phi) is 4.06. The summed E-state index contributed by atoms with van der Waals surface area (Å²) in [6.45, 7) is 0.375. The monoisotopic (exact) mass is 284 g/mol. The number of carboxylic acid groups (broad SMARTS) is 1. The molecule has 1 aliphatic carbocycles. The Morgan fingerprint density at radius 1 is 1.47 bits per heavy atom. The quantitative estimate of drug-likeness (QED) is 0.711. The van der Waals surface area contributed by atoms with Gasteiger partial charge in [0.25, 0.3) is 0 Å². The molecule has 0 saturated heterocycles. The summed E-state index contributed by atoms with van der Waals surface area (Å²) in [6, 6.07) is 1.12. The topological polar surface area (TPSA) is 99.3 Å². The van der Waals surface area contributed by atoms with E-state index in [4.69, 9.17) is 5.11 Å². The van der Waals surface area contributed by atoms with Crippen LogP contribution in [0.3, 0.4) is 0 Å². The number of aromatic nitrogens is 1. The maximum absolute atomic E-state index is 12.0. The first kappa shape index (κ1) is 13.8. The van der Waals surface area contributed by atoms with Crippen LogP contribution >= 0.6 is 0 Å². The molecular weight excluding hydrogens is 268 g/mol. The molecule has 1 atom stereocenters. The van der Waals surface area contributed by atoms with Crippen LogP contribution in [0.1, 0.15) is 29.8 Å². The average molecular weight is 284 g/mol. The fourth-order valence-electron chi connectivity index (χ4n) is 2.01. The number of hydrogen-bond donors (Lipinski definition) is 3. The molecule has 1 heterocycles. The van der Waals surface area contributed by atoms with Crippen molar-refractivity contribution in [2.75, 3.05) is 6.54 Å². The lowest BCUT2D eigenvalue weighted by Crippen LogP contribution is -2.29. The smallest absolute Gasteiger partial charge is 0.352 e. The number of H-pyrrole nitrogens is 1. The van der Waals surface area contributed by atoms with Crippen LogP contribution in [0.15, 0.2) is 29.3 Å². The maximum atomic E-state index is 12.0. The van der Waals surface area contributed by atoms with Crippen LogP contribution in [-0.2, 0) is 10.0 Å². The first-order valence-corrected chi connectivity index (χ1v) is 7.54. The zero-order valence-corrected chi connectivity index (χ0v) is 11.1. The number of allylic oxidation sites excluding steroid dienone is 2. The van der Waals surface area contributed by atoms with Crippen molar-refractivity contribution in [2.24, 2.45) is 5.92 Å². The van der Waals surface area contributed by atoms with E-state index in [-0.39, 0.29) is 10.6 Å². The number of carbonyl (C=O) groups is 1. The molecule has 0 saturated carbocycles. The van der Waals surface area contributed by atoms with E-state index in [1.807, 2.05) is 0 Å². The van der Waals surface area contributed by atoms with Crippen molar-refractivity contribution in [3.8, 4) is 0 Å². The van der Waals surface area contributed by atoms with E-state index in [2.05, 4.69) is 21.9 Å². The molecule has 0 aliphatic heterocycles. The van der Waals surface area contributed by atoms with E-state index >= 15 is 0 Å². The highest BCUT2D eigenvalue weighted by Crippen LogP contribution is 2.18. The minimum absolute atomic E-state index is 0.0451. The molecule has 19 heavy (non-hydrogen) atoms. The van der Waals surface area contributed by atoms with E-state index in [0.717, 1.165) is 25.3 Å². The third-order valence-corrected chi connectivity index (χ3v) is 4.54. The number of nitrogens with one attached hydrogen (secondary N) is 2. The van der Waals surface area contributed by atoms with Gasteiger partial charge >= 0.3 is 5.97 Å². The minimum Gasteiger partial charge on any atom is -0.477 e. The minimum atomic E-state index is -3.64. The summed E-state index contributed by atoms with van der Waals surface area (Å²) in [6.07, 6.45) is 8.15. The Morgan fingerprint density at radius 2 is 2.26 bits per heavy atom. The van der Waals surface area contributed by atoms with Crippen LogP contribution in [0, 0.1) is 5.92 Å². The molecule has 2 rings (SSSR count). The number of sulfonamides is 1. The maximum Gasteiger partial charge on any atom is 0.352 e. The van der Waals surface area contributed by atoms with Gasteiger partial charge in [0.05, 0.1) is 0 Å². The van der Waals surface area contributed by atoms with Gasteiger partial charge in [0.2, 0.25) is 10.0 Å². The predicted molar refractivity (Wildman–Crippen MR) is 69.4 cm³/mol. The molecule has 1 aromatic heterocycles. The molecule has 0 amide bonds. The fraction of sp³-hybridized carbons (Fsp3) is 0.417. The molecule has 1 unspecified atom stereocenters. The Bertz CT molecular complexity index is 589. The van der Waals surface area contributed by atoms with Crippen LogP contribution in [0.5, 0.6) is 0 Å². The van der Waals surface area contributed by atoms with E-state index in [1.54, 1.807) is 0 Å². The van der Waals surface area contributed by atoms with Gasteiger partial charge in [-0.2, -0.15) is 0 Å². The number of aromatic carboxylic acids is 1. The number of carboxylic acids is 1. The van der Waals surface area contributed by atoms with Gasteiger partial charge in [0, 0.05) is 12.7 Å². The zero-order chi connectivity index (χ0) is 13.9. The van der Waals surface area contributed by atoms with Gasteiger partial charge in [-0.15, -0.1) is 0 Å². The highest BCUT2D eigenvalue weighted by Gasteiger charge is 2.20. The summed E-state index contributed by atoms with van der Waals surface area (Å²) < 4.78 is 26.5. The average Bonchev–Trinajstić information content (AvgIpc) is 2.88. The standard InChI is InChI=1S/C12H16N2O4S/c15-12(16)11-6-10(8-13-11)19(17,18)14-7-9-4-2-1-3-5-9/h1-2,6,8-9,13-14H,3-5,7H2,(H,15,16). The summed E-state index contributed by atoms with van der Waals surface area (Å²) in [7, 11) is -3.64. The largest absolute Gasteiger partial charge is 0.477 e. The third-order valence-electron chi connectivity index (χ3n) is 3.14. The summed E-state index contributed by atoms with van der Waals surface area (Å²) >= 11 is 0. The summed E-state index contributed by atoms with van der Waals surface area (Å²) in [5.41, 5.74) is -0.138. The van der Waals surface area contributed by atoms with Crippen LogP contribution in [0.2, 0.25) is 0 Å². The molecular formula is C12H16N2O4S. The first-order valence-electron chi connectivity index (χ1n) is 6.05. The van der Waals surface area contributed by atoms with Gasteiger partial charge in [-0.25, -0.2) is 17.9 Å². The molecule has 0 radical (unpaired) electrons. The second-order valence-corrected chi connectivity index (χ2v) is 6.32. The number of rotatable bonds is 5. The van der Waals surface area contributed by atoms with Crippen molar-refractivity contribution in [1.82, 2.24) is 9.71 Å². The molecule has 3 N–H and O–H groups in total. The van der Waals surface area contributed by atoms with Crippen LogP contribution in [0.4, 0.5) is 0 Å². The molecule has 0 bridgehead atoms. The number of hydrogen-bond acceptors (Lipinski definition) is 3.